The molecule has 1 heterocycles. The third-order valence-corrected chi connectivity index (χ3v) is 6.17. The minimum Gasteiger partial charge on any atom is -0.340 e. The van der Waals surface area contributed by atoms with Crippen LogP contribution in [0.2, 0.25) is 0 Å². The molecule has 1 saturated carbocycles. The Hall–Kier alpha value is -0.580. The van der Waals surface area contributed by atoms with Crippen molar-refractivity contribution in [1.29, 1.82) is 0 Å². The van der Waals surface area contributed by atoms with Crippen LogP contribution in [0.3, 0.4) is 0 Å². The SMILES string of the molecule is CCS(=O)(=O)C1CN(C(=O)CC2CCCC2)C1. The van der Waals surface area contributed by atoms with Crippen molar-refractivity contribution in [3.63, 3.8) is 0 Å². The fourth-order valence-electron chi connectivity index (χ4n) is 2.70. The summed E-state index contributed by atoms with van der Waals surface area (Å²) in [6.45, 7) is 2.50. The summed E-state index contributed by atoms with van der Waals surface area (Å²) < 4.78 is 23.1. The first-order valence-electron chi connectivity index (χ1n) is 6.52. The van der Waals surface area contributed by atoms with Crippen LogP contribution in [-0.4, -0.2) is 43.3 Å². The zero-order chi connectivity index (χ0) is 12.5. The van der Waals surface area contributed by atoms with Gasteiger partial charge in [0.2, 0.25) is 5.91 Å². The van der Waals surface area contributed by atoms with Crippen LogP contribution < -0.4 is 0 Å². The second-order valence-corrected chi connectivity index (χ2v) is 7.80. The van der Waals surface area contributed by atoms with Gasteiger partial charge in [0.1, 0.15) is 0 Å². The molecule has 0 aromatic rings. The Kier molecular flexibility index (Phi) is 3.76. The summed E-state index contributed by atoms with van der Waals surface area (Å²) in [6.07, 6.45) is 5.43. The van der Waals surface area contributed by atoms with Gasteiger partial charge in [0, 0.05) is 25.3 Å². The number of amides is 1. The summed E-state index contributed by atoms with van der Waals surface area (Å²) in [5.74, 6) is 0.881. The molecule has 0 unspecified atom stereocenters. The van der Waals surface area contributed by atoms with E-state index in [0.29, 0.717) is 25.4 Å². The molecular formula is C12H21NO3S. The summed E-state index contributed by atoms with van der Waals surface area (Å²) in [5, 5.41) is -0.306. The van der Waals surface area contributed by atoms with Gasteiger partial charge in [0.25, 0.3) is 0 Å². The lowest BCUT2D eigenvalue weighted by Gasteiger charge is -2.39. The maximum Gasteiger partial charge on any atom is 0.222 e. The molecule has 0 atom stereocenters. The van der Waals surface area contributed by atoms with Crippen LogP contribution in [-0.2, 0) is 14.6 Å². The van der Waals surface area contributed by atoms with E-state index in [1.807, 2.05) is 0 Å². The first-order chi connectivity index (χ1) is 8.03. The average Bonchev–Trinajstić information content (AvgIpc) is 2.67. The lowest BCUT2D eigenvalue weighted by Crippen LogP contribution is -2.57. The van der Waals surface area contributed by atoms with Crippen LogP contribution in [0.15, 0.2) is 0 Å². The van der Waals surface area contributed by atoms with E-state index in [-0.39, 0.29) is 16.9 Å². The lowest BCUT2D eigenvalue weighted by atomic mass is 10.0. The van der Waals surface area contributed by atoms with Gasteiger partial charge in [-0.2, -0.15) is 0 Å². The minimum absolute atomic E-state index is 0.152. The standard InChI is InChI=1S/C12H21NO3S/c1-2-17(15,16)11-8-13(9-11)12(14)7-10-5-3-4-6-10/h10-11H,2-9H2,1H3. The van der Waals surface area contributed by atoms with Gasteiger partial charge in [0.15, 0.2) is 9.84 Å². The first-order valence-corrected chi connectivity index (χ1v) is 8.24. The quantitative estimate of drug-likeness (QED) is 0.762. The average molecular weight is 259 g/mol. The maximum absolute atomic E-state index is 11.9. The van der Waals surface area contributed by atoms with E-state index in [1.54, 1.807) is 11.8 Å². The molecule has 0 aromatic carbocycles. The van der Waals surface area contributed by atoms with Crippen molar-refractivity contribution < 1.29 is 13.2 Å². The van der Waals surface area contributed by atoms with Gasteiger partial charge in [-0.15, -0.1) is 0 Å². The van der Waals surface area contributed by atoms with Crippen molar-refractivity contribution >= 4 is 15.7 Å². The molecule has 1 amide bonds. The molecule has 1 aliphatic heterocycles. The zero-order valence-corrected chi connectivity index (χ0v) is 11.2. The molecule has 17 heavy (non-hydrogen) atoms. The highest BCUT2D eigenvalue weighted by Gasteiger charge is 2.38. The Morgan fingerprint density at radius 3 is 2.35 bits per heavy atom. The van der Waals surface area contributed by atoms with Crippen LogP contribution in [0.25, 0.3) is 0 Å². The Balaban J connectivity index is 1.77. The molecule has 1 saturated heterocycles. The Morgan fingerprint density at radius 2 is 1.82 bits per heavy atom. The monoisotopic (exact) mass is 259 g/mol. The van der Waals surface area contributed by atoms with Gasteiger partial charge in [0.05, 0.1) is 5.25 Å². The van der Waals surface area contributed by atoms with Gasteiger partial charge in [-0.25, -0.2) is 8.42 Å². The molecule has 0 aromatic heterocycles. The number of sulfone groups is 1. The molecule has 2 fully saturated rings. The van der Waals surface area contributed by atoms with Crippen molar-refractivity contribution in [2.24, 2.45) is 5.92 Å². The highest BCUT2D eigenvalue weighted by atomic mass is 32.2. The van der Waals surface area contributed by atoms with E-state index >= 15 is 0 Å². The summed E-state index contributed by atoms with van der Waals surface area (Å²) in [5.41, 5.74) is 0. The van der Waals surface area contributed by atoms with Gasteiger partial charge >= 0.3 is 0 Å². The smallest absolute Gasteiger partial charge is 0.222 e. The fourth-order valence-corrected chi connectivity index (χ4v) is 3.98. The van der Waals surface area contributed by atoms with Gasteiger partial charge in [-0.3, -0.25) is 4.79 Å². The molecule has 0 spiro atoms. The summed E-state index contributed by atoms with van der Waals surface area (Å²) in [4.78, 5) is 13.6. The first kappa shape index (κ1) is 12.9. The number of hydrogen-bond acceptors (Lipinski definition) is 3. The number of hydrogen-bond donors (Lipinski definition) is 0. The minimum atomic E-state index is -2.95. The largest absolute Gasteiger partial charge is 0.340 e. The number of carbonyl (C=O) groups excluding carboxylic acids is 1. The third-order valence-electron chi connectivity index (χ3n) is 4.05. The van der Waals surface area contributed by atoms with Crippen LogP contribution >= 0.6 is 0 Å². The van der Waals surface area contributed by atoms with E-state index in [9.17, 15) is 13.2 Å². The van der Waals surface area contributed by atoms with Crippen molar-refractivity contribution in [2.45, 2.75) is 44.3 Å². The fraction of sp³-hybridized carbons (Fsp3) is 0.917. The molecule has 1 aliphatic carbocycles. The van der Waals surface area contributed by atoms with Gasteiger partial charge in [-0.1, -0.05) is 19.8 Å². The third kappa shape index (κ3) is 2.81. The Morgan fingerprint density at radius 1 is 1.24 bits per heavy atom. The summed E-state index contributed by atoms with van der Waals surface area (Å²) in [6, 6.07) is 0. The molecule has 4 nitrogen and oxygen atoms in total. The van der Waals surface area contributed by atoms with E-state index in [4.69, 9.17) is 0 Å². The maximum atomic E-state index is 11.9. The number of nitrogens with zero attached hydrogens (tertiary/aromatic N) is 1. The van der Waals surface area contributed by atoms with Crippen LogP contribution in [0.5, 0.6) is 0 Å². The highest BCUT2D eigenvalue weighted by molar-refractivity contribution is 7.92. The Bertz CT molecular complexity index is 379. The highest BCUT2D eigenvalue weighted by Crippen LogP contribution is 2.29. The predicted octanol–water partition coefficient (Wildman–Crippen LogP) is 1.21. The zero-order valence-electron chi connectivity index (χ0n) is 10.4. The molecule has 98 valence electrons. The van der Waals surface area contributed by atoms with Crippen molar-refractivity contribution in [3.8, 4) is 0 Å². The lowest BCUT2D eigenvalue weighted by molar-refractivity contribution is -0.135. The van der Waals surface area contributed by atoms with Gasteiger partial charge < -0.3 is 4.90 Å². The number of likely N-dealkylation sites (tertiary alicyclic amines) is 1. The summed E-state index contributed by atoms with van der Waals surface area (Å²) in [7, 11) is -2.95. The number of carbonyl (C=O) groups is 1. The molecule has 2 rings (SSSR count). The molecular weight excluding hydrogens is 238 g/mol. The van der Waals surface area contributed by atoms with Gasteiger partial charge in [-0.05, 0) is 18.8 Å². The van der Waals surface area contributed by atoms with E-state index < -0.39 is 9.84 Å². The number of rotatable bonds is 4. The predicted molar refractivity (Wildman–Crippen MR) is 66.4 cm³/mol. The van der Waals surface area contributed by atoms with Crippen LogP contribution in [0.1, 0.15) is 39.0 Å². The van der Waals surface area contributed by atoms with E-state index in [0.717, 1.165) is 12.8 Å². The van der Waals surface area contributed by atoms with Crippen molar-refractivity contribution in [2.75, 3.05) is 18.8 Å². The molecule has 2 aliphatic rings. The van der Waals surface area contributed by atoms with Crippen LogP contribution in [0.4, 0.5) is 0 Å². The van der Waals surface area contributed by atoms with E-state index in [2.05, 4.69) is 0 Å². The second kappa shape index (κ2) is 4.96. The normalized spacial score (nSPS) is 22.8. The van der Waals surface area contributed by atoms with E-state index in [1.165, 1.54) is 12.8 Å². The Labute approximate surface area is 103 Å². The molecule has 0 bridgehead atoms. The second-order valence-electron chi connectivity index (χ2n) is 5.23. The topological polar surface area (TPSA) is 54.5 Å². The summed E-state index contributed by atoms with van der Waals surface area (Å²) >= 11 is 0. The van der Waals surface area contributed by atoms with Crippen molar-refractivity contribution in [3.05, 3.63) is 0 Å². The molecule has 5 heteroatoms. The molecule has 0 radical (unpaired) electrons. The molecule has 0 N–H and O–H groups in total. The van der Waals surface area contributed by atoms with Crippen molar-refractivity contribution in [1.82, 2.24) is 4.90 Å². The van der Waals surface area contributed by atoms with Crippen LogP contribution in [0, 0.1) is 5.92 Å².